The largest absolute Gasteiger partial charge is 0.453 e. The summed E-state index contributed by atoms with van der Waals surface area (Å²) in [7, 11) is 1.32. The molecule has 0 fully saturated rings. The van der Waals surface area contributed by atoms with Crippen LogP contribution in [0.4, 0.5) is 9.18 Å². The first-order valence-electron chi connectivity index (χ1n) is 5.67. The summed E-state index contributed by atoms with van der Waals surface area (Å²) < 4.78 is 17.3. The Labute approximate surface area is 114 Å². The van der Waals surface area contributed by atoms with Gasteiger partial charge in [0, 0.05) is 17.5 Å². The van der Waals surface area contributed by atoms with E-state index in [0.29, 0.717) is 13.0 Å². The van der Waals surface area contributed by atoms with Crippen LogP contribution in [0.15, 0.2) is 30.5 Å². The number of nitrogens with zero attached hydrogens (tertiary/aromatic N) is 1. The summed E-state index contributed by atoms with van der Waals surface area (Å²) in [5.74, 6) is -0.240. The Morgan fingerprint density at radius 3 is 2.84 bits per heavy atom. The molecule has 0 radical (unpaired) electrons. The highest BCUT2D eigenvalue weighted by atomic mass is 32.1. The number of thiazole rings is 1. The zero-order valence-corrected chi connectivity index (χ0v) is 11.2. The van der Waals surface area contributed by atoms with E-state index in [4.69, 9.17) is 0 Å². The van der Waals surface area contributed by atoms with Crippen molar-refractivity contribution >= 4 is 17.4 Å². The Kier molecular flexibility index (Phi) is 4.46. The van der Waals surface area contributed by atoms with E-state index in [1.807, 2.05) is 0 Å². The molecule has 100 valence electrons. The van der Waals surface area contributed by atoms with Crippen molar-refractivity contribution in [3.8, 4) is 0 Å². The molecule has 0 aliphatic rings. The van der Waals surface area contributed by atoms with Gasteiger partial charge in [-0.25, -0.2) is 14.2 Å². The molecule has 0 atom stereocenters. The molecule has 19 heavy (non-hydrogen) atoms. The SMILES string of the molecule is COC(=O)NCc1ncc(Cc2ccc(F)cc2)s1. The third-order valence-electron chi connectivity index (χ3n) is 2.46. The second-order valence-corrected chi connectivity index (χ2v) is 5.07. The number of carbonyl (C=O) groups is 1. The predicted molar refractivity (Wildman–Crippen MR) is 70.6 cm³/mol. The van der Waals surface area contributed by atoms with Crippen LogP contribution in [-0.2, 0) is 17.7 Å². The molecular weight excluding hydrogens is 267 g/mol. The molecule has 0 spiro atoms. The van der Waals surface area contributed by atoms with Gasteiger partial charge in [-0.15, -0.1) is 11.3 Å². The van der Waals surface area contributed by atoms with Gasteiger partial charge >= 0.3 is 6.09 Å². The van der Waals surface area contributed by atoms with Crippen molar-refractivity contribution < 1.29 is 13.9 Å². The number of amides is 1. The Balaban J connectivity index is 1.93. The highest BCUT2D eigenvalue weighted by Gasteiger charge is 2.05. The maximum atomic E-state index is 12.8. The average molecular weight is 280 g/mol. The quantitative estimate of drug-likeness (QED) is 0.937. The van der Waals surface area contributed by atoms with Crippen LogP contribution in [0.2, 0.25) is 0 Å². The fourth-order valence-corrected chi connectivity index (χ4v) is 2.43. The number of ether oxygens (including phenoxy) is 1. The molecule has 1 heterocycles. The van der Waals surface area contributed by atoms with Crippen LogP contribution >= 0.6 is 11.3 Å². The van der Waals surface area contributed by atoms with Crippen LogP contribution in [0.3, 0.4) is 0 Å². The smallest absolute Gasteiger partial charge is 0.407 e. The number of rotatable bonds is 4. The standard InChI is InChI=1S/C13H13FN2O2S/c1-18-13(17)16-8-12-15-7-11(19-12)6-9-2-4-10(14)5-3-9/h2-5,7H,6,8H2,1H3,(H,16,17). The molecule has 4 nitrogen and oxygen atoms in total. The third-order valence-corrected chi connectivity index (χ3v) is 3.46. The van der Waals surface area contributed by atoms with Gasteiger partial charge in [0.25, 0.3) is 0 Å². The zero-order valence-electron chi connectivity index (χ0n) is 10.4. The summed E-state index contributed by atoms with van der Waals surface area (Å²) in [5, 5.41) is 3.38. The number of alkyl carbamates (subject to hydrolysis) is 1. The van der Waals surface area contributed by atoms with Crippen LogP contribution in [0.25, 0.3) is 0 Å². The molecule has 6 heteroatoms. The molecule has 2 aromatic rings. The molecule has 0 saturated carbocycles. The maximum absolute atomic E-state index is 12.8. The topological polar surface area (TPSA) is 51.2 Å². The molecule has 0 bridgehead atoms. The van der Waals surface area contributed by atoms with Gasteiger partial charge in [-0.05, 0) is 17.7 Å². The van der Waals surface area contributed by atoms with Gasteiger partial charge in [0.15, 0.2) is 0 Å². The normalized spacial score (nSPS) is 10.2. The fraction of sp³-hybridized carbons (Fsp3) is 0.231. The van der Waals surface area contributed by atoms with Crippen LogP contribution in [0.5, 0.6) is 0 Å². The first kappa shape index (κ1) is 13.5. The summed E-state index contributed by atoms with van der Waals surface area (Å²) >= 11 is 1.51. The number of hydrogen-bond donors (Lipinski definition) is 1. The minimum Gasteiger partial charge on any atom is -0.453 e. The minimum absolute atomic E-state index is 0.240. The molecule has 0 aliphatic heterocycles. The number of hydrogen-bond acceptors (Lipinski definition) is 4. The fourth-order valence-electron chi connectivity index (χ4n) is 1.53. The van der Waals surface area contributed by atoms with Gasteiger partial charge in [0.1, 0.15) is 10.8 Å². The molecule has 0 aliphatic carbocycles. The van der Waals surface area contributed by atoms with Crippen molar-refractivity contribution in [1.82, 2.24) is 10.3 Å². The lowest BCUT2D eigenvalue weighted by Gasteiger charge is -1.99. The van der Waals surface area contributed by atoms with Gasteiger partial charge in [-0.3, -0.25) is 0 Å². The van der Waals surface area contributed by atoms with Crippen molar-refractivity contribution in [2.75, 3.05) is 7.11 Å². The lowest BCUT2D eigenvalue weighted by atomic mass is 10.1. The molecule has 1 amide bonds. The van der Waals surface area contributed by atoms with E-state index >= 15 is 0 Å². The van der Waals surface area contributed by atoms with Crippen LogP contribution < -0.4 is 5.32 Å². The van der Waals surface area contributed by atoms with E-state index < -0.39 is 6.09 Å². The van der Waals surface area contributed by atoms with Crippen LogP contribution in [0.1, 0.15) is 15.4 Å². The lowest BCUT2D eigenvalue weighted by molar-refractivity contribution is 0.170. The van der Waals surface area contributed by atoms with Gasteiger partial charge in [-0.2, -0.15) is 0 Å². The van der Waals surface area contributed by atoms with Gasteiger partial charge in [0.2, 0.25) is 0 Å². The maximum Gasteiger partial charge on any atom is 0.407 e. The van der Waals surface area contributed by atoms with Crippen LogP contribution in [-0.4, -0.2) is 18.2 Å². The Bertz CT molecular complexity index is 554. The number of methoxy groups -OCH3 is 1. The predicted octanol–water partition coefficient (Wildman–Crippen LogP) is 2.73. The number of carbonyl (C=O) groups excluding carboxylic acids is 1. The number of benzene rings is 1. The van der Waals surface area contributed by atoms with Gasteiger partial charge in [0.05, 0.1) is 13.7 Å². The van der Waals surface area contributed by atoms with Crippen molar-refractivity contribution in [3.63, 3.8) is 0 Å². The van der Waals surface area contributed by atoms with E-state index in [9.17, 15) is 9.18 Å². The van der Waals surface area contributed by atoms with E-state index in [1.165, 1.54) is 30.6 Å². The molecule has 0 saturated heterocycles. The highest BCUT2D eigenvalue weighted by molar-refractivity contribution is 7.11. The zero-order chi connectivity index (χ0) is 13.7. The van der Waals surface area contributed by atoms with E-state index in [-0.39, 0.29) is 5.82 Å². The molecule has 0 unspecified atom stereocenters. The third kappa shape index (κ3) is 4.03. The second-order valence-electron chi connectivity index (χ2n) is 3.87. The molecule has 1 aromatic carbocycles. The van der Waals surface area contributed by atoms with E-state index in [1.54, 1.807) is 18.3 Å². The minimum atomic E-state index is -0.477. The number of aromatic nitrogens is 1. The van der Waals surface area contributed by atoms with Crippen molar-refractivity contribution in [2.24, 2.45) is 0 Å². The van der Waals surface area contributed by atoms with Gasteiger partial charge in [-0.1, -0.05) is 12.1 Å². The van der Waals surface area contributed by atoms with Crippen molar-refractivity contribution in [2.45, 2.75) is 13.0 Å². The first-order valence-corrected chi connectivity index (χ1v) is 6.49. The van der Waals surface area contributed by atoms with E-state index in [0.717, 1.165) is 15.4 Å². The Morgan fingerprint density at radius 2 is 2.16 bits per heavy atom. The van der Waals surface area contributed by atoms with Crippen molar-refractivity contribution in [3.05, 3.63) is 51.7 Å². The monoisotopic (exact) mass is 280 g/mol. The summed E-state index contributed by atoms with van der Waals surface area (Å²) in [6, 6.07) is 6.38. The highest BCUT2D eigenvalue weighted by Crippen LogP contribution is 2.17. The summed E-state index contributed by atoms with van der Waals surface area (Å²) in [6.07, 6.45) is 1.99. The van der Waals surface area contributed by atoms with E-state index in [2.05, 4.69) is 15.0 Å². The summed E-state index contributed by atoms with van der Waals surface area (Å²) in [6.45, 7) is 0.348. The summed E-state index contributed by atoms with van der Waals surface area (Å²) in [4.78, 5) is 16.2. The molecule has 1 N–H and O–H groups in total. The molecular formula is C13H13FN2O2S. The second kappa shape index (κ2) is 6.29. The molecule has 1 aromatic heterocycles. The van der Waals surface area contributed by atoms with Crippen molar-refractivity contribution in [1.29, 1.82) is 0 Å². The summed E-state index contributed by atoms with van der Waals surface area (Å²) in [5.41, 5.74) is 1.03. The number of nitrogens with one attached hydrogen (secondary N) is 1. The average Bonchev–Trinajstić information content (AvgIpc) is 2.86. The Morgan fingerprint density at radius 1 is 1.42 bits per heavy atom. The Hall–Kier alpha value is -1.95. The molecule has 2 rings (SSSR count). The van der Waals surface area contributed by atoms with Gasteiger partial charge < -0.3 is 10.1 Å². The van der Waals surface area contributed by atoms with Crippen LogP contribution in [0, 0.1) is 5.82 Å². The lowest BCUT2D eigenvalue weighted by Crippen LogP contribution is -2.22. The first-order chi connectivity index (χ1) is 9.17. The number of halogens is 1.